The van der Waals surface area contributed by atoms with Crippen molar-refractivity contribution in [2.45, 2.75) is 24.2 Å². The second-order valence-corrected chi connectivity index (χ2v) is 8.63. The first-order valence-electron chi connectivity index (χ1n) is 9.15. The molecule has 0 radical (unpaired) electrons. The van der Waals surface area contributed by atoms with Gasteiger partial charge in [-0.1, -0.05) is 24.3 Å². The Balaban J connectivity index is 1.50. The van der Waals surface area contributed by atoms with Crippen LogP contribution < -0.4 is 5.32 Å². The first-order valence-corrected chi connectivity index (χ1v) is 10.6. The second-order valence-electron chi connectivity index (χ2n) is 7.06. The zero-order valence-corrected chi connectivity index (χ0v) is 16.0. The van der Waals surface area contributed by atoms with Gasteiger partial charge in [-0.25, -0.2) is 4.39 Å². The van der Waals surface area contributed by atoms with Gasteiger partial charge < -0.3 is 10.2 Å². The van der Waals surface area contributed by atoms with Crippen LogP contribution in [0, 0.1) is 11.7 Å². The number of amidine groups is 1. The number of hydrogen-bond donors (Lipinski definition) is 1. The van der Waals surface area contributed by atoms with Gasteiger partial charge in [-0.2, -0.15) is 8.42 Å². The molecule has 0 aromatic heterocycles. The lowest BCUT2D eigenvalue weighted by Gasteiger charge is -2.34. The Bertz CT molecular complexity index is 1050. The molecular formula is C20H20FN3O3S. The lowest BCUT2D eigenvalue weighted by Crippen LogP contribution is -2.45. The van der Waals surface area contributed by atoms with Crippen LogP contribution in [0.1, 0.15) is 18.4 Å². The van der Waals surface area contributed by atoms with Crippen LogP contribution in [0.15, 0.2) is 57.8 Å². The molecule has 1 N–H and O–H groups in total. The molecule has 1 fully saturated rings. The number of piperidine rings is 1. The smallest absolute Gasteiger partial charge is 0.286 e. The first kappa shape index (κ1) is 18.6. The number of nitrogens with one attached hydrogen (secondary N) is 1. The predicted molar refractivity (Wildman–Crippen MR) is 104 cm³/mol. The van der Waals surface area contributed by atoms with Gasteiger partial charge in [0.1, 0.15) is 16.5 Å². The predicted octanol–water partition coefficient (Wildman–Crippen LogP) is 2.82. The summed E-state index contributed by atoms with van der Waals surface area (Å²) >= 11 is 0. The third-order valence-corrected chi connectivity index (χ3v) is 6.40. The number of anilines is 1. The van der Waals surface area contributed by atoms with E-state index in [2.05, 4.69) is 9.71 Å². The number of fused-ring (bicyclic) bond motifs is 1. The molecule has 146 valence electrons. The van der Waals surface area contributed by atoms with Crippen LogP contribution in [-0.4, -0.2) is 38.2 Å². The minimum Gasteiger partial charge on any atom is -0.342 e. The fourth-order valence-corrected chi connectivity index (χ4v) is 4.87. The van der Waals surface area contributed by atoms with Crippen LogP contribution in [0.25, 0.3) is 0 Å². The molecule has 2 aromatic rings. The summed E-state index contributed by atoms with van der Waals surface area (Å²) in [6, 6.07) is 12.7. The van der Waals surface area contributed by atoms with Crippen molar-refractivity contribution in [3.63, 3.8) is 0 Å². The van der Waals surface area contributed by atoms with E-state index in [1.165, 1.54) is 18.2 Å². The molecule has 1 saturated heterocycles. The highest BCUT2D eigenvalue weighted by Crippen LogP contribution is 2.30. The molecule has 0 aliphatic carbocycles. The van der Waals surface area contributed by atoms with Crippen LogP contribution >= 0.6 is 0 Å². The van der Waals surface area contributed by atoms with E-state index in [-0.39, 0.29) is 29.0 Å². The Hall–Kier alpha value is -2.74. The first-order chi connectivity index (χ1) is 13.4. The van der Waals surface area contributed by atoms with E-state index in [0.29, 0.717) is 30.2 Å². The largest absolute Gasteiger partial charge is 0.342 e. The number of likely N-dealkylation sites (tertiary alicyclic amines) is 1. The number of amides is 1. The molecular weight excluding hydrogens is 381 g/mol. The maximum atomic E-state index is 13.4. The van der Waals surface area contributed by atoms with Crippen molar-refractivity contribution in [2.75, 3.05) is 18.4 Å². The number of carbonyl (C=O) groups excluding carboxylic acids is 1. The molecule has 0 bridgehead atoms. The van der Waals surface area contributed by atoms with Crippen molar-refractivity contribution in [3.05, 3.63) is 59.9 Å². The topological polar surface area (TPSA) is 78.8 Å². The van der Waals surface area contributed by atoms with Crippen LogP contribution in [0.5, 0.6) is 0 Å². The molecule has 2 aliphatic rings. The summed E-state index contributed by atoms with van der Waals surface area (Å²) in [6.45, 7) is 0.985. The van der Waals surface area contributed by atoms with E-state index < -0.39 is 10.0 Å². The van der Waals surface area contributed by atoms with E-state index in [1.807, 2.05) is 0 Å². The van der Waals surface area contributed by atoms with Gasteiger partial charge in [0.25, 0.3) is 10.0 Å². The lowest BCUT2D eigenvalue weighted by atomic mass is 9.96. The number of hydrogen-bond acceptors (Lipinski definition) is 4. The SMILES string of the molecule is O=C(Cc1cccc(F)c1)N1CCC[C@@H](C2=NS(=O)(=O)c3ccccc3N2)C1. The molecule has 0 saturated carbocycles. The van der Waals surface area contributed by atoms with Gasteiger partial charge in [-0.05, 0) is 42.7 Å². The Morgan fingerprint density at radius 2 is 2.04 bits per heavy atom. The van der Waals surface area contributed by atoms with Gasteiger partial charge in [0.2, 0.25) is 5.91 Å². The highest BCUT2D eigenvalue weighted by Gasteiger charge is 2.32. The molecule has 8 heteroatoms. The average Bonchev–Trinajstić information content (AvgIpc) is 2.67. The average molecular weight is 401 g/mol. The zero-order valence-electron chi connectivity index (χ0n) is 15.1. The number of carbonyl (C=O) groups is 1. The van der Waals surface area contributed by atoms with Gasteiger partial charge in [0.15, 0.2) is 0 Å². The molecule has 6 nitrogen and oxygen atoms in total. The molecule has 4 rings (SSSR count). The third kappa shape index (κ3) is 3.77. The van der Waals surface area contributed by atoms with Crippen molar-refractivity contribution in [2.24, 2.45) is 10.3 Å². The number of sulfonamides is 1. The Kier molecular flexibility index (Phi) is 4.89. The molecule has 1 amide bonds. The van der Waals surface area contributed by atoms with Crippen LogP contribution in [-0.2, 0) is 21.2 Å². The normalized spacial score (nSPS) is 20.7. The minimum absolute atomic E-state index is 0.102. The van der Waals surface area contributed by atoms with E-state index >= 15 is 0 Å². The molecule has 2 aliphatic heterocycles. The Labute approximate surface area is 163 Å². The Morgan fingerprint density at radius 3 is 2.86 bits per heavy atom. The fourth-order valence-electron chi connectivity index (χ4n) is 3.67. The van der Waals surface area contributed by atoms with Crippen molar-refractivity contribution >= 4 is 27.5 Å². The monoisotopic (exact) mass is 401 g/mol. The van der Waals surface area contributed by atoms with Gasteiger partial charge in [0, 0.05) is 19.0 Å². The van der Waals surface area contributed by atoms with Crippen LogP contribution in [0.2, 0.25) is 0 Å². The fraction of sp³-hybridized carbons (Fsp3) is 0.300. The van der Waals surface area contributed by atoms with E-state index in [0.717, 1.165) is 12.8 Å². The quantitative estimate of drug-likeness (QED) is 0.858. The highest BCUT2D eigenvalue weighted by atomic mass is 32.2. The van der Waals surface area contributed by atoms with Crippen molar-refractivity contribution in [1.29, 1.82) is 0 Å². The van der Waals surface area contributed by atoms with E-state index in [4.69, 9.17) is 0 Å². The molecule has 2 heterocycles. The summed E-state index contributed by atoms with van der Waals surface area (Å²) in [5.41, 5.74) is 1.13. The van der Waals surface area contributed by atoms with Crippen LogP contribution in [0.3, 0.4) is 0 Å². The number of nitrogens with zero attached hydrogens (tertiary/aromatic N) is 2. The molecule has 2 aromatic carbocycles. The summed E-state index contributed by atoms with van der Waals surface area (Å²) in [5, 5.41) is 3.12. The second kappa shape index (κ2) is 7.35. The summed E-state index contributed by atoms with van der Waals surface area (Å²) in [5.74, 6) is -0.281. The number of benzene rings is 2. The summed E-state index contributed by atoms with van der Waals surface area (Å²) < 4.78 is 42.3. The minimum atomic E-state index is -3.75. The van der Waals surface area contributed by atoms with Gasteiger partial charge in [-0.15, -0.1) is 4.40 Å². The van der Waals surface area contributed by atoms with Crippen molar-refractivity contribution in [1.82, 2.24) is 4.90 Å². The maximum absolute atomic E-state index is 13.4. The molecule has 0 unspecified atom stereocenters. The summed E-state index contributed by atoms with van der Waals surface area (Å²) in [7, 11) is -3.75. The number of halogens is 1. The standard InChI is InChI=1S/C20H20FN3O3S/c21-16-7-3-5-14(11-16)12-19(25)24-10-4-6-15(13-24)20-22-17-8-1-2-9-18(17)28(26,27)23-20/h1-3,5,7-9,11,15H,4,6,10,12-13H2,(H,22,23)/t15-/m1/s1. The maximum Gasteiger partial charge on any atom is 0.286 e. The van der Waals surface area contributed by atoms with Crippen LogP contribution in [0.4, 0.5) is 10.1 Å². The third-order valence-electron chi connectivity index (χ3n) is 5.05. The van der Waals surface area contributed by atoms with Gasteiger partial charge in [0.05, 0.1) is 12.1 Å². The van der Waals surface area contributed by atoms with Crippen molar-refractivity contribution < 1.29 is 17.6 Å². The zero-order chi connectivity index (χ0) is 19.7. The Morgan fingerprint density at radius 1 is 1.21 bits per heavy atom. The summed E-state index contributed by atoms with van der Waals surface area (Å²) in [4.78, 5) is 14.5. The lowest BCUT2D eigenvalue weighted by molar-refractivity contribution is -0.131. The summed E-state index contributed by atoms with van der Waals surface area (Å²) in [6.07, 6.45) is 1.61. The molecule has 28 heavy (non-hydrogen) atoms. The highest BCUT2D eigenvalue weighted by molar-refractivity contribution is 7.90. The number of para-hydroxylation sites is 1. The van der Waals surface area contributed by atoms with Gasteiger partial charge in [-0.3, -0.25) is 4.79 Å². The molecule has 0 spiro atoms. The van der Waals surface area contributed by atoms with Gasteiger partial charge >= 0.3 is 0 Å². The molecule has 1 atom stereocenters. The van der Waals surface area contributed by atoms with E-state index in [1.54, 1.807) is 35.2 Å². The van der Waals surface area contributed by atoms with Crippen molar-refractivity contribution in [3.8, 4) is 0 Å². The van der Waals surface area contributed by atoms with E-state index in [9.17, 15) is 17.6 Å². The number of rotatable bonds is 3.